The molecule has 1 aromatic carbocycles. The summed E-state index contributed by atoms with van der Waals surface area (Å²) in [4.78, 5) is 23.9. The zero-order chi connectivity index (χ0) is 14.3. The largest absolute Gasteiger partial charge is 0.349 e. The minimum atomic E-state index is -0.151. The van der Waals surface area contributed by atoms with Crippen molar-refractivity contribution in [1.82, 2.24) is 14.9 Å². The molecule has 1 saturated heterocycles. The second kappa shape index (κ2) is 5.07. The minimum absolute atomic E-state index is 0.151. The average molecular weight is 293 g/mol. The number of aromatic nitrogens is 2. The summed E-state index contributed by atoms with van der Waals surface area (Å²) in [5, 5.41) is 0.641. The molecule has 2 heterocycles. The van der Waals surface area contributed by atoms with Gasteiger partial charge < -0.3 is 14.8 Å². The number of hydrogen-bond acceptors (Lipinski definition) is 4. The molecule has 0 amide bonds. The maximum absolute atomic E-state index is 12.2. The van der Waals surface area contributed by atoms with Gasteiger partial charge in [-0.15, -0.1) is 0 Å². The summed E-state index contributed by atoms with van der Waals surface area (Å²) < 4.78 is 0. The summed E-state index contributed by atoms with van der Waals surface area (Å²) in [6, 6.07) is 3.67. The Morgan fingerprint density at radius 1 is 1.25 bits per heavy atom. The van der Waals surface area contributed by atoms with Crippen molar-refractivity contribution in [3.05, 3.63) is 33.1 Å². The van der Waals surface area contributed by atoms with Crippen LogP contribution < -0.4 is 10.5 Å². The van der Waals surface area contributed by atoms with Crippen LogP contribution in [0.5, 0.6) is 0 Å². The van der Waals surface area contributed by atoms with Crippen molar-refractivity contribution < 1.29 is 0 Å². The van der Waals surface area contributed by atoms with E-state index in [1.165, 1.54) is 0 Å². The molecular weight excluding hydrogens is 276 g/mol. The number of benzene rings is 1. The Labute approximate surface area is 122 Å². The maximum atomic E-state index is 12.2. The van der Waals surface area contributed by atoms with E-state index in [1.54, 1.807) is 6.07 Å². The minimum Gasteiger partial charge on any atom is -0.349 e. The van der Waals surface area contributed by atoms with Crippen molar-refractivity contribution in [2.24, 2.45) is 0 Å². The number of likely N-dealkylation sites (N-methyl/N-ethyl adjacent to an activating group) is 1. The smallest absolute Gasteiger partial charge is 0.291 e. The number of halogens is 1. The third-order valence-corrected chi connectivity index (χ3v) is 4.16. The first-order valence-corrected chi connectivity index (χ1v) is 7.06. The molecule has 2 aromatic rings. The van der Waals surface area contributed by atoms with Gasteiger partial charge >= 0.3 is 0 Å². The number of rotatable bonds is 1. The Balaban J connectivity index is 2.05. The Morgan fingerprint density at radius 2 is 1.95 bits per heavy atom. The summed E-state index contributed by atoms with van der Waals surface area (Å²) in [5.41, 5.74) is 2.27. The van der Waals surface area contributed by atoms with Crippen molar-refractivity contribution in [3.63, 3.8) is 0 Å². The van der Waals surface area contributed by atoms with Crippen molar-refractivity contribution in [2.45, 2.75) is 6.92 Å². The molecule has 1 fully saturated rings. The predicted octanol–water partition coefficient (Wildman–Crippen LogP) is 1.64. The van der Waals surface area contributed by atoms with Crippen molar-refractivity contribution in [2.75, 3.05) is 38.1 Å². The molecule has 0 spiro atoms. The van der Waals surface area contributed by atoms with E-state index in [0.717, 1.165) is 37.3 Å². The summed E-state index contributed by atoms with van der Waals surface area (Å²) in [7, 11) is 2.08. The van der Waals surface area contributed by atoms with E-state index in [9.17, 15) is 4.79 Å². The Kier molecular flexibility index (Phi) is 3.40. The standard InChI is InChI=1S/C14H17ClN4O/c1-9-7-11-12(8-10(9)15)17-14(20)13(16-11)19-5-3-18(2)4-6-19/h7-8H,3-6H2,1-2H3,(H,17,20). The van der Waals surface area contributed by atoms with Gasteiger partial charge in [0.15, 0.2) is 5.82 Å². The highest BCUT2D eigenvalue weighted by atomic mass is 35.5. The number of aryl methyl sites for hydroxylation is 1. The number of fused-ring (bicyclic) bond motifs is 1. The molecule has 5 nitrogen and oxygen atoms in total. The van der Waals surface area contributed by atoms with Gasteiger partial charge in [0.1, 0.15) is 0 Å². The Bertz CT molecular complexity index is 704. The second-order valence-electron chi connectivity index (χ2n) is 5.30. The molecular formula is C14H17ClN4O. The lowest BCUT2D eigenvalue weighted by molar-refractivity contribution is 0.312. The van der Waals surface area contributed by atoms with E-state index in [-0.39, 0.29) is 5.56 Å². The Morgan fingerprint density at radius 3 is 2.65 bits per heavy atom. The highest BCUT2D eigenvalue weighted by molar-refractivity contribution is 6.32. The van der Waals surface area contributed by atoms with Gasteiger partial charge in [-0.05, 0) is 31.7 Å². The molecule has 1 N–H and O–H groups in total. The van der Waals surface area contributed by atoms with Crippen LogP contribution in [0.25, 0.3) is 11.0 Å². The van der Waals surface area contributed by atoms with Crippen LogP contribution in [0.4, 0.5) is 5.82 Å². The number of H-pyrrole nitrogens is 1. The van der Waals surface area contributed by atoms with Crippen LogP contribution in [0.1, 0.15) is 5.56 Å². The fraction of sp³-hybridized carbons (Fsp3) is 0.429. The predicted molar refractivity (Wildman–Crippen MR) is 81.8 cm³/mol. The molecule has 0 atom stereocenters. The molecule has 0 radical (unpaired) electrons. The van der Waals surface area contributed by atoms with Crippen molar-refractivity contribution in [1.29, 1.82) is 0 Å². The normalized spacial score (nSPS) is 16.9. The molecule has 0 saturated carbocycles. The molecule has 6 heteroatoms. The third kappa shape index (κ3) is 2.39. The van der Waals surface area contributed by atoms with E-state index >= 15 is 0 Å². The lowest BCUT2D eigenvalue weighted by atomic mass is 10.2. The van der Waals surface area contributed by atoms with Gasteiger partial charge in [0.25, 0.3) is 5.56 Å². The molecule has 0 unspecified atom stereocenters. The Hall–Kier alpha value is -1.59. The van der Waals surface area contributed by atoms with Crippen molar-refractivity contribution >= 4 is 28.5 Å². The average Bonchev–Trinajstić information content (AvgIpc) is 2.41. The van der Waals surface area contributed by atoms with E-state index < -0.39 is 0 Å². The molecule has 20 heavy (non-hydrogen) atoms. The highest BCUT2D eigenvalue weighted by Crippen LogP contribution is 2.21. The molecule has 1 aliphatic heterocycles. The van der Waals surface area contributed by atoms with Crippen LogP contribution in [0.2, 0.25) is 5.02 Å². The van der Waals surface area contributed by atoms with Gasteiger partial charge in [0.2, 0.25) is 0 Å². The number of nitrogens with zero attached hydrogens (tertiary/aromatic N) is 3. The van der Waals surface area contributed by atoms with Gasteiger partial charge in [-0.2, -0.15) is 0 Å². The van der Waals surface area contributed by atoms with Gasteiger partial charge in [0.05, 0.1) is 11.0 Å². The number of anilines is 1. The zero-order valence-electron chi connectivity index (χ0n) is 11.6. The number of aromatic amines is 1. The van der Waals surface area contributed by atoms with E-state index in [0.29, 0.717) is 16.4 Å². The van der Waals surface area contributed by atoms with Gasteiger partial charge in [-0.3, -0.25) is 4.79 Å². The van der Waals surface area contributed by atoms with E-state index in [1.807, 2.05) is 17.9 Å². The molecule has 1 aromatic heterocycles. The second-order valence-corrected chi connectivity index (χ2v) is 5.71. The maximum Gasteiger partial charge on any atom is 0.291 e. The van der Waals surface area contributed by atoms with Crippen molar-refractivity contribution in [3.8, 4) is 0 Å². The van der Waals surface area contributed by atoms with Crippen LogP contribution in [-0.2, 0) is 0 Å². The third-order valence-electron chi connectivity index (χ3n) is 3.76. The molecule has 0 bridgehead atoms. The van der Waals surface area contributed by atoms with E-state index in [2.05, 4.69) is 21.9 Å². The van der Waals surface area contributed by atoms with Gasteiger partial charge in [0, 0.05) is 31.2 Å². The quantitative estimate of drug-likeness (QED) is 0.868. The van der Waals surface area contributed by atoms with Crippen LogP contribution in [0.15, 0.2) is 16.9 Å². The summed E-state index contributed by atoms with van der Waals surface area (Å²) in [6.07, 6.45) is 0. The first-order chi connectivity index (χ1) is 9.54. The number of hydrogen-bond donors (Lipinski definition) is 1. The summed E-state index contributed by atoms with van der Waals surface area (Å²) >= 11 is 6.08. The topological polar surface area (TPSA) is 52.2 Å². The lowest BCUT2D eigenvalue weighted by Gasteiger charge is -2.32. The van der Waals surface area contributed by atoms with Crippen LogP contribution in [0, 0.1) is 6.92 Å². The van der Waals surface area contributed by atoms with E-state index in [4.69, 9.17) is 11.6 Å². The SMILES string of the molecule is Cc1cc2nc(N3CCN(C)CC3)c(=O)[nH]c2cc1Cl. The number of nitrogens with one attached hydrogen (secondary N) is 1. The van der Waals surface area contributed by atoms with Crippen LogP contribution >= 0.6 is 11.6 Å². The molecule has 3 rings (SSSR count). The molecule has 0 aliphatic carbocycles. The lowest BCUT2D eigenvalue weighted by Crippen LogP contribution is -2.46. The van der Waals surface area contributed by atoms with Crippen LogP contribution in [0.3, 0.4) is 0 Å². The number of piperazine rings is 1. The van der Waals surface area contributed by atoms with Crippen LogP contribution in [-0.4, -0.2) is 48.1 Å². The summed E-state index contributed by atoms with van der Waals surface area (Å²) in [6.45, 7) is 5.47. The zero-order valence-corrected chi connectivity index (χ0v) is 12.4. The monoisotopic (exact) mass is 292 g/mol. The first-order valence-electron chi connectivity index (χ1n) is 6.68. The summed E-state index contributed by atoms with van der Waals surface area (Å²) in [5.74, 6) is 0.507. The van der Waals surface area contributed by atoms with Gasteiger partial charge in [-0.1, -0.05) is 11.6 Å². The fourth-order valence-electron chi connectivity index (χ4n) is 2.43. The fourth-order valence-corrected chi connectivity index (χ4v) is 2.60. The molecule has 106 valence electrons. The highest BCUT2D eigenvalue weighted by Gasteiger charge is 2.18. The van der Waals surface area contributed by atoms with Gasteiger partial charge in [-0.25, -0.2) is 4.98 Å². The first kappa shape index (κ1) is 13.4. The molecule has 1 aliphatic rings.